The molecule has 1 unspecified atom stereocenters. The Labute approximate surface area is 93.6 Å². The first-order valence-corrected chi connectivity index (χ1v) is 4.79. The van der Waals surface area contributed by atoms with Crippen molar-refractivity contribution in [1.82, 2.24) is 10.2 Å². The average Bonchev–Trinajstić information content (AvgIpc) is 2.21. The van der Waals surface area contributed by atoms with E-state index in [1.165, 1.54) is 4.90 Å². The quantitative estimate of drug-likeness (QED) is 0.508. The van der Waals surface area contributed by atoms with Crippen LogP contribution < -0.4 is 11.1 Å². The molecule has 4 N–H and O–H groups in total. The minimum absolute atomic E-state index is 0.0529. The van der Waals surface area contributed by atoms with Crippen LogP contribution >= 0.6 is 0 Å². The van der Waals surface area contributed by atoms with Crippen molar-refractivity contribution in [3.8, 4) is 0 Å². The van der Waals surface area contributed by atoms with Gasteiger partial charge in [-0.2, -0.15) is 0 Å². The summed E-state index contributed by atoms with van der Waals surface area (Å²) in [4.78, 5) is 34.0. The van der Waals surface area contributed by atoms with Gasteiger partial charge in [-0.05, 0) is 6.42 Å². The van der Waals surface area contributed by atoms with Crippen molar-refractivity contribution in [1.29, 1.82) is 0 Å². The lowest BCUT2D eigenvalue weighted by Crippen LogP contribution is -2.44. The molecule has 1 atom stereocenters. The van der Waals surface area contributed by atoms with Gasteiger partial charge in [0.25, 0.3) is 0 Å². The molecule has 0 rings (SSSR count). The number of nitrogens with one attached hydrogen (secondary N) is 1. The average molecular weight is 231 g/mol. The van der Waals surface area contributed by atoms with E-state index in [2.05, 4.69) is 5.32 Å². The van der Waals surface area contributed by atoms with Crippen LogP contribution in [-0.4, -0.2) is 54.5 Å². The third-order valence-electron chi connectivity index (χ3n) is 1.92. The molecule has 7 heteroatoms. The van der Waals surface area contributed by atoms with Crippen molar-refractivity contribution in [3.05, 3.63) is 0 Å². The number of carbonyl (C=O) groups excluding carboxylic acids is 2. The highest BCUT2D eigenvalue weighted by molar-refractivity contribution is 5.87. The zero-order chi connectivity index (χ0) is 12.7. The molecule has 0 spiro atoms. The van der Waals surface area contributed by atoms with Gasteiger partial charge in [-0.25, -0.2) is 0 Å². The summed E-state index contributed by atoms with van der Waals surface area (Å²) in [7, 11) is 3.14. The van der Waals surface area contributed by atoms with Gasteiger partial charge in [0.05, 0.1) is 12.6 Å². The molecule has 0 aromatic heterocycles. The summed E-state index contributed by atoms with van der Waals surface area (Å²) in [5.74, 6) is -1.78. The molecule has 0 aliphatic rings. The predicted octanol–water partition coefficient (Wildman–Crippen LogP) is -1.62. The number of amides is 2. The van der Waals surface area contributed by atoms with Crippen molar-refractivity contribution in [2.75, 3.05) is 20.6 Å². The number of rotatable bonds is 6. The second-order valence-corrected chi connectivity index (χ2v) is 3.54. The van der Waals surface area contributed by atoms with E-state index in [4.69, 9.17) is 10.8 Å². The topological polar surface area (TPSA) is 113 Å². The van der Waals surface area contributed by atoms with Crippen molar-refractivity contribution >= 4 is 17.8 Å². The SMILES string of the molecule is CN(C)C(=O)CNC(=O)C(N)CCC(=O)O. The first kappa shape index (κ1) is 14.4. The Bertz CT molecular complexity index is 278. The molecule has 92 valence electrons. The van der Waals surface area contributed by atoms with E-state index < -0.39 is 17.9 Å². The van der Waals surface area contributed by atoms with Crippen LogP contribution in [0.15, 0.2) is 0 Å². The Hall–Kier alpha value is -1.63. The maximum Gasteiger partial charge on any atom is 0.303 e. The van der Waals surface area contributed by atoms with E-state index in [-0.39, 0.29) is 25.3 Å². The number of carboxylic acid groups (broad SMARTS) is 1. The number of hydrogen-bond acceptors (Lipinski definition) is 4. The summed E-state index contributed by atoms with van der Waals surface area (Å²) in [6.45, 7) is -0.132. The maximum atomic E-state index is 11.3. The summed E-state index contributed by atoms with van der Waals surface area (Å²) >= 11 is 0. The van der Waals surface area contributed by atoms with Crippen LogP contribution in [-0.2, 0) is 14.4 Å². The minimum atomic E-state index is -1.01. The Morgan fingerprint density at radius 2 is 1.94 bits per heavy atom. The fourth-order valence-corrected chi connectivity index (χ4v) is 0.862. The van der Waals surface area contributed by atoms with E-state index in [9.17, 15) is 14.4 Å². The van der Waals surface area contributed by atoms with Gasteiger partial charge in [0.15, 0.2) is 0 Å². The lowest BCUT2D eigenvalue weighted by Gasteiger charge is -2.13. The molecule has 0 saturated carbocycles. The zero-order valence-electron chi connectivity index (χ0n) is 9.40. The summed E-state index contributed by atoms with van der Waals surface area (Å²) in [6, 6.07) is -0.897. The lowest BCUT2D eigenvalue weighted by molar-refractivity contribution is -0.137. The van der Waals surface area contributed by atoms with Crippen molar-refractivity contribution in [3.63, 3.8) is 0 Å². The molecule has 0 radical (unpaired) electrons. The molecule has 7 nitrogen and oxygen atoms in total. The Kier molecular flexibility index (Phi) is 6.09. The molecule has 0 aromatic carbocycles. The molecule has 0 fully saturated rings. The van der Waals surface area contributed by atoms with E-state index >= 15 is 0 Å². The number of nitrogens with zero attached hydrogens (tertiary/aromatic N) is 1. The van der Waals surface area contributed by atoms with Gasteiger partial charge in [-0.3, -0.25) is 14.4 Å². The van der Waals surface area contributed by atoms with Gasteiger partial charge in [0.2, 0.25) is 11.8 Å². The van der Waals surface area contributed by atoms with Gasteiger partial charge in [0, 0.05) is 20.5 Å². The molecule has 2 amide bonds. The third-order valence-corrected chi connectivity index (χ3v) is 1.92. The van der Waals surface area contributed by atoms with Gasteiger partial charge in [0.1, 0.15) is 0 Å². The van der Waals surface area contributed by atoms with Gasteiger partial charge in [-0.15, -0.1) is 0 Å². The normalized spacial score (nSPS) is 11.7. The highest BCUT2D eigenvalue weighted by atomic mass is 16.4. The van der Waals surface area contributed by atoms with Crippen molar-refractivity contribution in [2.45, 2.75) is 18.9 Å². The number of carboxylic acids is 1. The summed E-state index contributed by atoms with van der Waals surface area (Å²) in [6.07, 6.45) is -0.118. The number of likely N-dealkylation sites (N-methyl/N-ethyl adjacent to an activating group) is 1. The molecule has 0 aliphatic heterocycles. The lowest BCUT2D eigenvalue weighted by atomic mass is 10.1. The van der Waals surface area contributed by atoms with Crippen LogP contribution in [0, 0.1) is 0 Å². The van der Waals surface area contributed by atoms with Gasteiger partial charge < -0.3 is 21.1 Å². The minimum Gasteiger partial charge on any atom is -0.481 e. The monoisotopic (exact) mass is 231 g/mol. The molecule has 16 heavy (non-hydrogen) atoms. The van der Waals surface area contributed by atoms with E-state index in [1.807, 2.05) is 0 Å². The second-order valence-electron chi connectivity index (χ2n) is 3.54. The number of hydrogen-bond donors (Lipinski definition) is 3. The van der Waals surface area contributed by atoms with E-state index in [0.717, 1.165) is 0 Å². The van der Waals surface area contributed by atoms with Crippen LogP contribution in [0.1, 0.15) is 12.8 Å². The van der Waals surface area contributed by atoms with Crippen LogP contribution in [0.2, 0.25) is 0 Å². The molecule has 0 saturated heterocycles. The highest BCUT2D eigenvalue weighted by Gasteiger charge is 2.15. The number of carbonyl (C=O) groups is 3. The van der Waals surface area contributed by atoms with Crippen LogP contribution in [0.4, 0.5) is 0 Å². The standard InChI is InChI=1S/C9H17N3O4/c1-12(2)7(13)5-11-9(16)6(10)3-4-8(14)15/h6H,3-5,10H2,1-2H3,(H,11,16)(H,14,15). The van der Waals surface area contributed by atoms with E-state index in [1.54, 1.807) is 14.1 Å². The van der Waals surface area contributed by atoms with E-state index in [0.29, 0.717) is 0 Å². The predicted molar refractivity (Wildman–Crippen MR) is 56.5 cm³/mol. The fourth-order valence-electron chi connectivity index (χ4n) is 0.862. The Balaban J connectivity index is 3.88. The molecular weight excluding hydrogens is 214 g/mol. The van der Waals surface area contributed by atoms with Crippen LogP contribution in [0.25, 0.3) is 0 Å². The van der Waals surface area contributed by atoms with Crippen molar-refractivity contribution in [2.24, 2.45) is 5.73 Å². The molecule has 0 heterocycles. The largest absolute Gasteiger partial charge is 0.481 e. The zero-order valence-corrected chi connectivity index (χ0v) is 9.40. The third kappa shape index (κ3) is 5.97. The Morgan fingerprint density at radius 3 is 2.38 bits per heavy atom. The first-order valence-electron chi connectivity index (χ1n) is 4.79. The fraction of sp³-hybridized carbons (Fsp3) is 0.667. The molecule has 0 aromatic rings. The van der Waals surface area contributed by atoms with Crippen LogP contribution in [0.5, 0.6) is 0 Å². The summed E-state index contributed by atoms with van der Waals surface area (Å²) in [5.41, 5.74) is 5.43. The molecule has 0 bridgehead atoms. The molecule has 0 aliphatic carbocycles. The first-order chi connectivity index (χ1) is 7.34. The number of nitrogens with two attached hydrogens (primary N) is 1. The maximum absolute atomic E-state index is 11.3. The summed E-state index contributed by atoms with van der Waals surface area (Å²) < 4.78 is 0. The molecular formula is C9H17N3O4. The summed E-state index contributed by atoms with van der Waals surface area (Å²) in [5, 5.41) is 10.7. The highest BCUT2D eigenvalue weighted by Crippen LogP contribution is 1.94. The van der Waals surface area contributed by atoms with Crippen molar-refractivity contribution < 1.29 is 19.5 Å². The van der Waals surface area contributed by atoms with Gasteiger partial charge >= 0.3 is 5.97 Å². The smallest absolute Gasteiger partial charge is 0.303 e. The number of aliphatic carboxylic acids is 1. The van der Waals surface area contributed by atoms with Gasteiger partial charge in [-0.1, -0.05) is 0 Å². The Morgan fingerprint density at radius 1 is 1.38 bits per heavy atom. The van der Waals surface area contributed by atoms with Crippen LogP contribution in [0.3, 0.4) is 0 Å². The second kappa shape index (κ2) is 6.78.